The van der Waals surface area contributed by atoms with E-state index in [4.69, 9.17) is 0 Å². The summed E-state index contributed by atoms with van der Waals surface area (Å²) < 4.78 is 5.57. The van der Waals surface area contributed by atoms with Gasteiger partial charge in [-0.1, -0.05) is 86.3 Å². The van der Waals surface area contributed by atoms with Crippen molar-refractivity contribution in [1.29, 1.82) is 0 Å². The number of hydrogen-bond acceptors (Lipinski definition) is 5. The molecule has 5 aromatic rings. The van der Waals surface area contributed by atoms with Crippen LogP contribution in [-0.4, -0.2) is 21.7 Å². The number of benzene rings is 4. The lowest BCUT2D eigenvalue weighted by atomic mass is 9.82. The summed E-state index contributed by atoms with van der Waals surface area (Å²) in [6.45, 7) is 1.86. The highest BCUT2D eigenvalue weighted by molar-refractivity contribution is 7.13. The Hall–Kier alpha value is -4.22. The van der Waals surface area contributed by atoms with Crippen LogP contribution in [0.15, 0.2) is 84.9 Å². The highest BCUT2D eigenvalue weighted by Gasteiger charge is 2.30. The Morgan fingerprint density at radius 3 is 1.80 bits per heavy atom. The van der Waals surface area contributed by atoms with Gasteiger partial charge >= 0.3 is 0 Å². The van der Waals surface area contributed by atoms with Gasteiger partial charge in [-0.15, -0.1) is 0 Å². The van der Waals surface area contributed by atoms with Crippen molar-refractivity contribution in [2.24, 2.45) is 0 Å². The molecule has 2 aliphatic carbocycles. The van der Waals surface area contributed by atoms with E-state index in [2.05, 4.69) is 4.37 Å². The molecule has 0 radical (unpaired) electrons. The van der Waals surface area contributed by atoms with E-state index in [1.54, 1.807) is 30.3 Å². The molecule has 1 heterocycles. The van der Waals surface area contributed by atoms with E-state index in [0.717, 1.165) is 38.0 Å². The van der Waals surface area contributed by atoms with Crippen LogP contribution >= 0.6 is 11.5 Å². The third-order valence-corrected chi connectivity index (χ3v) is 7.14. The number of carbonyl (C=O) groups is 3. The largest absolute Gasteiger partial charge is 0.289 e. The SMILES string of the molecule is C.Cc1cccc2c1C(=O)c1ccccc1C2=O.O=C1c2ccccc2-c2nsc3cccc1c23. The lowest BCUT2D eigenvalue weighted by Crippen LogP contribution is -2.21. The van der Waals surface area contributed by atoms with Gasteiger partial charge in [0, 0.05) is 44.3 Å². The third-order valence-electron chi connectivity index (χ3n) is 6.33. The second-order valence-corrected chi connectivity index (χ2v) is 9.09. The number of fused-ring (bicyclic) bond motifs is 4. The van der Waals surface area contributed by atoms with Gasteiger partial charge in [-0.3, -0.25) is 14.4 Å². The van der Waals surface area contributed by atoms with E-state index >= 15 is 0 Å². The molecule has 0 amide bonds. The van der Waals surface area contributed by atoms with Crippen LogP contribution in [0.5, 0.6) is 0 Å². The van der Waals surface area contributed by atoms with Crippen molar-refractivity contribution in [3.8, 4) is 11.3 Å². The maximum absolute atomic E-state index is 12.4. The number of hydrogen-bond donors (Lipinski definition) is 0. The van der Waals surface area contributed by atoms with Gasteiger partial charge in [0.2, 0.25) is 0 Å². The van der Waals surface area contributed by atoms with E-state index in [0.29, 0.717) is 22.3 Å². The molecule has 0 aliphatic heterocycles. The number of rotatable bonds is 0. The van der Waals surface area contributed by atoms with Crippen molar-refractivity contribution in [2.75, 3.05) is 0 Å². The summed E-state index contributed by atoms with van der Waals surface area (Å²) in [6.07, 6.45) is 0. The van der Waals surface area contributed by atoms with Gasteiger partial charge in [0.25, 0.3) is 0 Å². The zero-order valence-corrected chi connectivity index (χ0v) is 19.0. The molecule has 5 heteroatoms. The molecule has 0 saturated heterocycles. The van der Waals surface area contributed by atoms with Crippen molar-refractivity contribution < 1.29 is 14.4 Å². The summed E-state index contributed by atoms with van der Waals surface area (Å²) in [5.41, 5.74) is 6.41. The first-order valence-electron chi connectivity index (χ1n) is 10.9. The highest BCUT2D eigenvalue weighted by Crippen LogP contribution is 2.40. The van der Waals surface area contributed by atoms with Crippen LogP contribution in [0, 0.1) is 6.92 Å². The molecule has 0 saturated carbocycles. The summed E-state index contributed by atoms with van der Waals surface area (Å²) in [4.78, 5) is 36.9. The molecule has 0 spiro atoms. The first-order valence-corrected chi connectivity index (χ1v) is 11.6. The maximum atomic E-state index is 12.4. The summed E-state index contributed by atoms with van der Waals surface area (Å²) >= 11 is 1.46. The normalized spacial score (nSPS) is 12.7. The van der Waals surface area contributed by atoms with Crippen LogP contribution in [0.25, 0.3) is 21.3 Å². The first-order chi connectivity index (χ1) is 16.6. The summed E-state index contributed by atoms with van der Waals surface area (Å²) in [6, 6.07) is 25.9. The van der Waals surface area contributed by atoms with Crippen molar-refractivity contribution in [3.05, 3.63) is 124 Å². The third kappa shape index (κ3) is 3.35. The van der Waals surface area contributed by atoms with Crippen molar-refractivity contribution >= 4 is 39.0 Å². The minimum atomic E-state index is -0.0566. The fraction of sp³-hybridized carbons (Fsp3) is 0.0667. The average Bonchev–Trinajstić information content (AvgIpc) is 3.31. The minimum Gasteiger partial charge on any atom is -0.289 e. The van der Waals surface area contributed by atoms with Gasteiger partial charge < -0.3 is 0 Å². The molecule has 7 rings (SSSR count). The second kappa shape index (κ2) is 8.53. The average molecular weight is 476 g/mol. The van der Waals surface area contributed by atoms with Crippen LogP contribution in [0.1, 0.15) is 60.8 Å². The second-order valence-electron chi connectivity index (χ2n) is 8.29. The molecule has 35 heavy (non-hydrogen) atoms. The highest BCUT2D eigenvalue weighted by atomic mass is 32.1. The molecule has 0 unspecified atom stereocenters. The van der Waals surface area contributed by atoms with E-state index in [1.807, 2.05) is 61.5 Å². The van der Waals surface area contributed by atoms with Crippen molar-refractivity contribution in [2.45, 2.75) is 14.4 Å². The quantitative estimate of drug-likeness (QED) is 0.239. The maximum Gasteiger partial charge on any atom is 0.194 e. The van der Waals surface area contributed by atoms with Crippen LogP contribution in [0.3, 0.4) is 0 Å². The molecule has 4 aromatic carbocycles. The number of ketones is 3. The molecule has 2 aliphatic rings. The molecule has 1 aromatic heterocycles. The van der Waals surface area contributed by atoms with Gasteiger partial charge in [-0.25, -0.2) is 0 Å². The van der Waals surface area contributed by atoms with E-state index in [-0.39, 0.29) is 24.8 Å². The van der Waals surface area contributed by atoms with Gasteiger partial charge in [-0.05, 0) is 30.1 Å². The molecular formula is C30H21NO3S. The van der Waals surface area contributed by atoms with Gasteiger partial charge in [-0.2, -0.15) is 4.37 Å². The minimum absolute atomic E-state index is 0. The Labute approximate surface area is 207 Å². The van der Waals surface area contributed by atoms with Crippen LogP contribution in [-0.2, 0) is 0 Å². The zero-order valence-electron chi connectivity index (χ0n) is 18.2. The smallest absolute Gasteiger partial charge is 0.194 e. The van der Waals surface area contributed by atoms with Gasteiger partial charge in [0.15, 0.2) is 17.3 Å². The molecule has 170 valence electrons. The predicted molar refractivity (Wildman–Crippen MR) is 140 cm³/mol. The summed E-state index contributed by atoms with van der Waals surface area (Å²) in [5.74, 6) is 0.00565. The Bertz CT molecular complexity index is 1680. The monoisotopic (exact) mass is 475 g/mol. The number of nitrogens with zero attached hydrogens (tertiary/aromatic N) is 1. The topological polar surface area (TPSA) is 64.1 Å². The standard InChI is InChI=1S/C15H10O2.C14H7NOS.CH4/c1-9-5-4-8-12-13(9)15(17)11-7-3-2-6-10(11)14(12)16;16-14-9-5-2-1-4-8(9)13-12-10(14)6-3-7-11(12)17-15-13;/h2-8H,1H3;1-7H;1H4. The number of aryl methyl sites for hydroxylation is 1. The van der Waals surface area contributed by atoms with E-state index in [1.165, 1.54) is 11.5 Å². The van der Waals surface area contributed by atoms with E-state index in [9.17, 15) is 14.4 Å². The molecule has 4 nitrogen and oxygen atoms in total. The summed E-state index contributed by atoms with van der Waals surface area (Å²) in [5, 5.41) is 1.02. The fourth-order valence-electron chi connectivity index (χ4n) is 4.71. The molecule has 0 atom stereocenters. The zero-order chi connectivity index (χ0) is 23.4. The Morgan fingerprint density at radius 1 is 0.571 bits per heavy atom. The van der Waals surface area contributed by atoms with Crippen LogP contribution in [0.2, 0.25) is 0 Å². The summed E-state index contributed by atoms with van der Waals surface area (Å²) in [7, 11) is 0. The molecule has 0 bridgehead atoms. The molecule has 0 fully saturated rings. The lowest BCUT2D eigenvalue weighted by Gasteiger charge is -2.18. The van der Waals surface area contributed by atoms with E-state index < -0.39 is 0 Å². The fourth-order valence-corrected chi connectivity index (χ4v) is 5.53. The molecule has 0 N–H and O–H groups in total. The van der Waals surface area contributed by atoms with Crippen LogP contribution < -0.4 is 0 Å². The predicted octanol–water partition coefficient (Wildman–Crippen LogP) is 6.91. The van der Waals surface area contributed by atoms with Gasteiger partial charge in [0.1, 0.15) is 0 Å². The van der Waals surface area contributed by atoms with Crippen molar-refractivity contribution in [1.82, 2.24) is 4.37 Å². The van der Waals surface area contributed by atoms with Gasteiger partial charge in [0.05, 0.1) is 10.4 Å². The number of aromatic nitrogens is 1. The molecular weight excluding hydrogens is 454 g/mol. The Balaban J connectivity index is 0.000000141. The number of carbonyl (C=O) groups excluding carboxylic acids is 3. The van der Waals surface area contributed by atoms with Crippen molar-refractivity contribution in [3.63, 3.8) is 0 Å². The first kappa shape index (κ1) is 22.6. The van der Waals surface area contributed by atoms with Crippen LogP contribution in [0.4, 0.5) is 0 Å². The Kier molecular flexibility index (Phi) is 5.50. The Morgan fingerprint density at radius 2 is 1.09 bits per heavy atom. The lowest BCUT2D eigenvalue weighted by molar-refractivity contribution is 0.0978.